The number of hydrogen-bond donors (Lipinski definition) is 2. The molecule has 2 N–H and O–H groups in total. The van der Waals surface area contributed by atoms with Crippen LogP contribution >= 0.6 is 11.8 Å². The molecule has 0 saturated carbocycles. The molecule has 0 amide bonds. The number of aryl methyl sites for hydroxylation is 2. The van der Waals surface area contributed by atoms with Crippen LogP contribution in [0.1, 0.15) is 23.9 Å². The maximum Gasteiger partial charge on any atom is 0.191 e. The van der Waals surface area contributed by atoms with E-state index in [9.17, 15) is 0 Å². The summed E-state index contributed by atoms with van der Waals surface area (Å²) in [6.45, 7) is 7.92. The summed E-state index contributed by atoms with van der Waals surface area (Å²) in [5, 5.41) is 11.7. The van der Waals surface area contributed by atoms with Gasteiger partial charge in [0.2, 0.25) is 0 Å². The molecule has 0 saturated heterocycles. The Morgan fingerprint density at radius 1 is 1.25 bits per heavy atom. The zero-order chi connectivity index (χ0) is 17.5. The summed E-state index contributed by atoms with van der Waals surface area (Å²) in [5.74, 6) is 0.818. The van der Waals surface area contributed by atoms with Crippen LogP contribution in [0.4, 0.5) is 0 Å². The second-order valence-corrected chi connectivity index (χ2v) is 7.33. The van der Waals surface area contributed by atoms with E-state index in [1.54, 1.807) is 7.05 Å². The predicted octanol–water partition coefficient (Wildman–Crippen LogP) is 2.88. The molecule has 24 heavy (non-hydrogen) atoms. The fraction of sp³-hybridized carbons (Fsp3) is 0.444. The standard InChI is InChI=1S/C18H27N5S/c1-13(24-16-9-7-6-8-10-16)11-20-18(19-4)21-12-17-14(2)22-23(5)15(17)3/h6-10,13H,11-12H2,1-5H3,(H2,19,20,21). The van der Waals surface area contributed by atoms with E-state index < -0.39 is 0 Å². The van der Waals surface area contributed by atoms with Crippen LogP contribution in [0, 0.1) is 13.8 Å². The lowest BCUT2D eigenvalue weighted by Gasteiger charge is -2.16. The van der Waals surface area contributed by atoms with E-state index in [0.29, 0.717) is 5.25 Å². The Balaban J connectivity index is 1.82. The van der Waals surface area contributed by atoms with Crippen molar-refractivity contribution in [2.24, 2.45) is 12.0 Å². The van der Waals surface area contributed by atoms with Gasteiger partial charge < -0.3 is 10.6 Å². The first-order valence-corrected chi connectivity index (χ1v) is 9.04. The van der Waals surface area contributed by atoms with Gasteiger partial charge in [0.15, 0.2) is 5.96 Å². The molecule has 0 aliphatic carbocycles. The molecule has 1 unspecified atom stereocenters. The van der Waals surface area contributed by atoms with Crippen molar-refractivity contribution < 1.29 is 0 Å². The molecule has 0 bridgehead atoms. The topological polar surface area (TPSA) is 54.2 Å². The zero-order valence-electron chi connectivity index (χ0n) is 15.1. The van der Waals surface area contributed by atoms with Crippen LogP contribution in [-0.4, -0.2) is 34.6 Å². The summed E-state index contributed by atoms with van der Waals surface area (Å²) in [6, 6.07) is 10.5. The summed E-state index contributed by atoms with van der Waals surface area (Å²) in [6.07, 6.45) is 0. The van der Waals surface area contributed by atoms with Crippen LogP contribution in [0.3, 0.4) is 0 Å². The molecular weight excluding hydrogens is 318 g/mol. The SMILES string of the molecule is CN=C(NCc1c(C)nn(C)c1C)NCC(C)Sc1ccccc1. The lowest BCUT2D eigenvalue weighted by Crippen LogP contribution is -2.39. The lowest BCUT2D eigenvalue weighted by molar-refractivity contribution is 0.728. The minimum Gasteiger partial charge on any atom is -0.355 e. The number of thioether (sulfide) groups is 1. The molecule has 5 nitrogen and oxygen atoms in total. The van der Waals surface area contributed by atoms with E-state index in [1.807, 2.05) is 36.5 Å². The van der Waals surface area contributed by atoms with Gasteiger partial charge in [-0.05, 0) is 26.0 Å². The highest BCUT2D eigenvalue weighted by atomic mass is 32.2. The Kier molecular flexibility index (Phi) is 6.73. The highest BCUT2D eigenvalue weighted by Gasteiger charge is 2.10. The molecule has 1 aromatic carbocycles. The van der Waals surface area contributed by atoms with E-state index >= 15 is 0 Å². The van der Waals surface area contributed by atoms with Gasteiger partial charge in [0.1, 0.15) is 0 Å². The zero-order valence-corrected chi connectivity index (χ0v) is 15.9. The Morgan fingerprint density at radius 3 is 2.54 bits per heavy atom. The van der Waals surface area contributed by atoms with Gasteiger partial charge in [-0.1, -0.05) is 25.1 Å². The fourth-order valence-corrected chi connectivity index (χ4v) is 3.43. The smallest absolute Gasteiger partial charge is 0.191 e. The van der Waals surface area contributed by atoms with Gasteiger partial charge in [-0.2, -0.15) is 5.10 Å². The van der Waals surface area contributed by atoms with Gasteiger partial charge >= 0.3 is 0 Å². The third-order valence-corrected chi connectivity index (χ3v) is 5.07. The summed E-state index contributed by atoms with van der Waals surface area (Å²) < 4.78 is 1.92. The Bertz CT molecular complexity index is 678. The van der Waals surface area contributed by atoms with Crippen molar-refractivity contribution in [3.8, 4) is 0 Å². The van der Waals surface area contributed by atoms with E-state index in [4.69, 9.17) is 0 Å². The molecular formula is C18H27N5S. The largest absolute Gasteiger partial charge is 0.355 e. The van der Waals surface area contributed by atoms with Crippen LogP contribution in [0.25, 0.3) is 0 Å². The Labute approximate surface area is 148 Å². The number of aromatic nitrogens is 2. The summed E-state index contributed by atoms with van der Waals surface area (Å²) >= 11 is 1.86. The molecule has 6 heteroatoms. The summed E-state index contributed by atoms with van der Waals surface area (Å²) in [4.78, 5) is 5.59. The van der Waals surface area contributed by atoms with Crippen molar-refractivity contribution in [3.05, 3.63) is 47.3 Å². The van der Waals surface area contributed by atoms with Gasteiger partial charge in [0.25, 0.3) is 0 Å². The van der Waals surface area contributed by atoms with Crippen molar-refractivity contribution in [2.75, 3.05) is 13.6 Å². The van der Waals surface area contributed by atoms with E-state index in [-0.39, 0.29) is 0 Å². The molecule has 0 spiro atoms. The Hall–Kier alpha value is -1.95. The van der Waals surface area contributed by atoms with E-state index in [2.05, 4.69) is 58.8 Å². The third-order valence-electron chi connectivity index (χ3n) is 3.95. The number of guanidine groups is 1. The number of benzene rings is 1. The van der Waals surface area contributed by atoms with Crippen molar-refractivity contribution in [1.82, 2.24) is 20.4 Å². The highest BCUT2D eigenvalue weighted by Crippen LogP contribution is 2.21. The highest BCUT2D eigenvalue weighted by molar-refractivity contribution is 8.00. The van der Waals surface area contributed by atoms with E-state index in [0.717, 1.165) is 24.7 Å². The molecule has 0 aliphatic rings. The number of hydrogen-bond acceptors (Lipinski definition) is 3. The monoisotopic (exact) mass is 345 g/mol. The molecule has 0 radical (unpaired) electrons. The summed E-state index contributed by atoms with van der Waals surface area (Å²) in [5.41, 5.74) is 3.47. The van der Waals surface area contributed by atoms with Crippen molar-refractivity contribution in [2.45, 2.75) is 37.5 Å². The van der Waals surface area contributed by atoms with Crippen LogP contribution in [-0.2, 0) is 13.6 Å². The minimum atomic E-state index is 0.452. The number of nitrogens with one attached hydrogen (secondary N) is 2. The van der Waals surface area contributed by atoms with Gasteiger partial charge in [-0.3, -0.25) is 9.67 Å². The fourth-order valence-electron chi connectivity index (χ4n) is 2.48. The first-order chi connectivity index (χ1) is 11.5. The van der Waals surface area contributed by atoms with Crippen molar-refractivity contribution >= 4 is 17.7 Å². The first kappa shape index (κ1) is 18.4. The van der Waals surface area contributed by atoms with Crippen molar-refractivity contribution in [1.29, 1.82) is 0 Å². The molecule has 0 aliphatic heterocycles. The minimum absolute atomic E-state index is 0.452. The average molecular weight is 346 g/mol. The number of nitrogens with zero attached hydrogens (tertiary/aromatic N) is 3. The third kappa shape index (κ3) is 5.03. The first-order valence-electron chi connectivity index (χ1n) is 8.16. The van der Waals surface area contributed by atoms with Crippen LogP contribution in [0.15, 0.2) is 40.2 Å². The number of rotatable bonds is 6. The van der Waals surface area contributed by atoms with Crippen LogP contribution < -0.4 is 10.6 Å². The van der Waals surface area contributed by atoms with Gasteiger partial charge in [0, 0.05) is 48.6 Å². The molecule has 1 aromatic heterocycles. The van der Waals surface area contributed by atoms with Gasteiger partial charge in [-0.25, -0.2) is 0 Å². The summed E-state index contributed by atoms with van der Waals surface area (Å²) in [7, 11) is 3.77. The normalized spacial score (nSPS) is 13.0. The molecule has 2 aromatic rings. The predicted molar refractivity (Wildman–Crippen MR) is 103 cm³/mol. The van der Waals surface area contributed by atoms with E-state index in [1.165, 1.54) is 16.2 Å². The second kappa shape index (κ2) is 8.78. The van der Waals surface area contributed by atoms with Gasteiger partial charge in [-0.15, -0.1) is 11.8 Å². The lowest BCUT2D eigenvalue weighted by atomic mass is 10.2. The van der Waals surface area contributed by atoms with Crippen LogP contribution in [0.2, 0.25) is 0 Å². The second-order valence-electron chi connectivity index (χ2n) is 5.82. The van der Waals surface area contributed by atoms with Gasteiger partial charge in [0.05, 0.1) is 5.69 Å². The number of aliphatic imine (C=N–C) groups is 1. The molecule has 1 atom stereocenters. The molecule has 1 heterocycles. The quantitative estimate of drug-likeness (QED) is 0.480. The van der Waals surface area contributed by atoms with Crippen LogP contribution in [0.5, 0.6) is 0 Å². The average Bonchev–Trinajstić information content (AvgIpc) is 2.81. The molecule has 0 fully saturated rings. The Morgan fingerprint density at radius 2 is 1.96 bits per heavy atom. The molecule has 130 valence electrons. The molecule has 2 rings (SSSR count). The maximum atomic E-state index is 4.45. The maximum absolute atomic E-state index is 4.45. The van der Waals surface area contributed by atoms with Crippen molar-refractivity contribution in [3.63, 3.8) is 0 Å².